The van der Waals surface area contributed by atoms with E-state index >= 15 is 0 Å². The molecule has 4 heterocycles. The molecule has 10 rings (SSSR count). The molecule has 0 aliphatic rings. The summed E-state index contributed by atoms with van der Waals surface area (Å²) in [6.45, 7) is 0. The normalized spacial score (nSPS) is 11.8. The van der Waals surface area contributed by atoms with Crippen molar-refractivity contribution in [2.24, 2.45) is 0 Å². The molecule has 0 saturated carbocycles. The monoisotopic (exact) mass is 1240 g/mol. The SMILES string of the molecule is O=C(O)c1cc(-c2ccc(S(=O)(=O)Cl)cc2)c2ccc3c(-c4ccc(S(=O)(=O)Cl)cc4)cc(C(=O)O)nc3c2n1.O=C(O)c1cc(-c2ccc(S(=O)(=O)O)cc2)c2ccc3c(-c4ccc(S(=O)(=O)O)cc4)cc(C(=O)O)nc3c2n1.[Na+].[OH-]. The van der Waals surface area contributed by atoms with Crippen molar-refractivity contribution >= 4 is 127 Å². The van der Waals surface area contributed by atoms with Gasteiger partial charge in [-0.1, -0.05) is 72.8 Å². The van der Waals surface area contributed by atoms with Gasteiger partial charge in [-0.15, -0.1) is 0 Å². The van der Waals surface area contributed by atoms with Crippen LogP contribution in [0.3, 0.4) is 0 Å². The van der Waals surface area contributed by atoms with Crippen molar-refractivity contribution in [3.05, 3.63) is 168 Å². The average molecular weight is 1240 g/mol. The zero-order valence-corrected chi connectivity index (χ0v) is 47.8. The first-order valence-corrected chi connectivity index (χ1v) is 29.7. The molecule has 0 bridgehead atoms. The first-order valence-electron chi connectivity index (χ1n) is 22.2. The molecule has 0 radical (unpaired) electrons. The quantitative estimate of drug-likeness (QED) is 0.0343. The summed E-state index contributed by atoms with van der Waals surface area (Å²) in [5.74, 6) is -5.48. The molecule has 0 amide bonds. The van der Waals surface area contributed by atoms with Crippen LogP contribution in [0.2, 0.25) is 0 Å². The van der Waals surface area contributed by atoms with E-state index in [4.69, 9.17) is 21.4 Å². The van der Waals surface area contributed by atoms with Gasteiger partial charge in [-0.3, -0.25) is 9.11 Å². The number of carboxylic acid groups (broad SMARTS) is 4. The second-order valence-electron chi connectivity index (χ2n) is 17.1. The van der Waals surface area contributed by atoms with Crippen LogP contribution in [0, 0.1) is 0 Å². The Hall–Kier alpha value is -7.90. The zero-order valence-electron chi connectivity index (χ0n) is 41.1. The Morgan fingerprint density at radius 1 is 0.329 bits per heavy atom. The molecule has 23 nitrogen and oxygen atoms in total. The van der Waals surface area contributed by atoms with Gasteiger partial charge in [-0.2, -0.15) is 16.8 Å². The molecule has 412 valence electrons. The number of carboxylic acids is 4. The van der Waals surface area contributed by atoms with Gasteiger partial charge in [0.1, 0.15) is 22.8 Å². The number of rotatable bonds is 12. The van der Waals surface area contributed by atoms with Gasteiger partial charge in [0.05, 0.1) is 41.6 Å². The summed E-state index contributed by atoms with van der Waals surface area (Å²) >= 11 is 0. The maximum atomic E-state index is 12.0. The van der Waals surface area contributed by atoms with Gasteiger partial charge in [0.2, 0.25) is 0 Å². The number of nitrogens with zero attached hydrogens (tertiary/aromatic N) is 4. The maximum absolute atomic E-state index is 12.0. The summed E-state index contributed by atoms with van der Waals surface area (Å²) in [5, 5.41) is 40.6. The van der Waals surface area contributed by atoms with Gasteiger partial charge in [0.15, 0.2) is 0 Å². The molecule has 10 aromatic rings. The third-order valence-corrected chi connectivity index (χ3v) is 16.7. The van der Waals surface area contributed by atoms with Gasteiger partial charge >= 0.3 is 53.4 Å². The Labute approximate surface area is 493 Å². The van der Waals surface area contributed by atoms with Gasteiger partial charge in [-0.25, -0.2) is 55.9 Å². The topological polar surface area (TPSA) is 408 Å². The van der Waals surface area contributed by atoms with E-state index in [-0.39, 0.29) is 88.1 Å². The van der Waals surface area contributed by atoms with Crippen molar-refractivity contribution in [2.45, 2.75) is 19.6 Å². The maximum Gasteiger partial charge on any atom is 1.00 e. The number of aromatic nitrogens is 4. The average Bonchev–Trinajstić information content (AvgIpc) is 2.99. The van der Waals surface area contributed by atoms with E-state index in [1.807, 2.05) is 0 Å². The van der Waals surface area contributed by atoms with Crippen molar-refractivity contribution in [3.63, 3.8) is 0 Å². The fraction of sp³-hybridized carbons (Fsp3) is 0. The van der Waals surface area contributed by atoms with Crippen molar-refractivity contribution in [3.8, 4) is 44.5 Å². The van der Waals surface area contributed by atoms with Crippen molar-refractivity contribution in [2.75, 3.05) is 0 Å². The van der Waals surface area contributed by atoms with Crippen LogP contribution in [0.1, 0.15) is 42.0 Å². The molecular weight excluding hydrogens is 1210 g/mol. The van der Waals surface area contributed by atoms with Gasteiger partial charge in [0.25, 0.3) is 38.3 Å². The fourth-order valence-corrected chi connectivity index (χ4v) is 11.1. The molecular formula is C52H31Cl2N4NaO19S4. The summed E-state index contributed by atoms with van der Waals surface area (Å²) in [6, 6.07) is 32.7. The Balaban J connectivity index is 0.000000230. The fourth-order valence-electron chi connectivity index (χ4n) is 8.55. The zero-order chi connectivity index (χ0) is 58.0. The van der Waals surface area contributed by atoms with E-state index in [1.165, 1.54) is 97.1 Å². The smallest absolute Gasteiger partial charge is 0.870 e. The number of benzene rings is 6. The van der Waals surface area contributed by atoms with Crippen molar-refractivity contribution < 1.29 is 117 Å². The van der Waals surface area contributed by atoms with E-state index in [1.54, 1.807) is 24.3 Å². The molecule has 4 aromatic heterocycles. The van der Waals surface area contributed by atoms with E-state index in [9.17, 15) is 82.4 Å². The Kier molecular flexibility index (Phi) is 17.4. The summed E-state index contributed by atoms with van der Waals surface area (Å²) in [4.78, 5) is 63.9. The predicted molar refractivity (Wildman–Crippen MR) is 291 cm³/mol. The van der Waals surface area contributed by atoms with E-state index in [0.29, 0.717) is 66.1 Å². The van der Waals surface area contributed by atoms with Crippen LogP contribution >= 0.6 is 21.4 Å². The third-order valence-electron chi connectivity index (χ3n) is 12.2. The Morgan fingerprint density at radius 3 is 0.671 bits per heavy atom. The van der Waals surface area contributed by atoms with Crippen LogP contribution < -0.4 is 29.6 Å². The Bertz CT molecular complexity index is 4200. The van der Waals surface area contributed by atoms with Crippen LogP contribution in [0.5, 0.6) is 0 Å². The predicted octanol–water partition coefficient (Wildman–Crippen LogP) is 6.20. The molecule has 82 heavy (non-hydrogen) atoms. The molecule has 0 unspecified atom stereocenters. The number of aromatic carboxylic acids is 4. The minimum atomic E-state index is -4.47. The van der Waals surface area contributed by atoms with Gasteiger partial charge < -0.3 is 25.9 Å². The van der Waals surface area contributed by atoms with Crippen molar-refractivity contribution in [1.82, 2.24) is 19.9 Å². The summed E-state index contributed by atoms with van der Waals surface area (Å²) in [7, 11) is -6.09. The minimum absolute atomic E-state index is 0. The van der Waals surface area contributed by atoms with Crippen LogP contribution in [0.4, 0.5) is 0 Å². The summed E-state index contributed by atoms with van der Waals surface area (Å²) in [6.07, 6.45) is 0. The molecule has 0 aliphatic heterocycles. The number of hydrogen-bond donors (Lipinski definition) is 6. The number of pyridine rings is 4. The third kappa shape index (κ3) is 12.6. The summed E-state index contributed by atoms with van der Waals surface area (Å²) in [5.41, 5.74) is 1.85. The molecule has 0 atom stereocenters. The molecule has 0 aliphatic carbocycles. The van der Waals surface area contributed by atoms with Crippen LogP contribution in [-0.4, -0.2) is 112 Å². The first-order chi connectivity index (χ1) is 37.5. The van der Waals surface area contributed by atoms with Gasteiger partial charge in [0, 0.05) is 42.9 Å². The van der Waals surface area contributed by atoms with Crippen LogP contribution in [0.25, 0.3) is 88.1 Å². The molecule has 0 saturated heterocycles. The number of hydrogen-bond acceptors (Lipinski definition) is 17. The van der Waals surface area contributed by atoms with E-state index < -0.39 is 73.6 Å². The van der Waals surface area contributed by atoms with E-state index in [2.05, 4.69) is 19.9 Å². The number of halogens is 2. The molecule has 0 spiro atoms. The molecule has 7 N–H and O–H groups in total. The molecule has 0 fully saturated rings. The minimum Gasteiger partial charge on any atom is -0.870 e. The Morgan fingerprint density at radius 2 is 0.512 bits per heavy atom. The van der Waals surface area contributed by atoms with Crippen LogP contribution in [-0.2, 0) is 38.3 Å². The standard InChI is InChI=1S/C26H14Cl2N2O8S2.C26H16N2O10S2.Na.H2O/c27-39(35,36)15-5-1-13(2-6-15)19-11-21(25(31)32)29-23-17(19)9-10-18-20(12-22(26(33)34)30-24(18)23)14-3-7-16(8-4-14)40(28,37)38;29-25(30)21-11-19(13-1-5-15(6-2-13)39(33,34)35)17-9-10-18-20(14-3-7-16(8-4-14)40(36,37)38)12-22(26(31)32)28-24(18)23(17)27-21;;/h1-12H,(H,31,32)(H,33,34);1-12H,(H,29,30)(H,31,32)(H,33,34,35)(H,36,37,38);;1H2/q;;+1;/p-1. The van der Waals surface area contributed by atoms with Crippen LogP contribution in [0.15, 0.2) is 165 Å². The largest absolute Gasteiger partial charge is 1.00 e. The van der Waals surface area contributed by atoms with Crippen molar-refractivity contribution in [1.29, 1.82) is 0 Å². The second kappa shape index (κ2) is 23.2. The second-order valence-corrected chi connectivity index (χ2v) is 25.1. The molecule has 30 heteroatoms. The molecule has 6 aromatic carbocycles. The number of fused-ring (bicyclic) bond motifs is 6. The summed E-state index contributed by atoms with van der Waals surface area (Å²) < 4.78 is 111. The van der Waals surface area contributed by atoms with Gasteiger partial charge in [-0.05, 0) is 117 Å². The van der Waals surface area contributed by atoms with E-state index in [0.717, 1.165) is 24.3 Å². The number of carbonyl (C=O) groups is 4. The first kappa shape index (κ1) is 61.7.